The Morgan fingerprint density at radius 2 is 1.41 bits per heavy atom. The van der Waals surface area contributed by atoms with Gasteiger partial charge in [-0.05, 0) is 60.9 Å². The zero-order valence-electron chi connectivity index (χ0n) is 19.1. The molecule has 176 valence electrons. The number of nitrogens with one attached hydrogen (secondary N) is 2. The number of esters is 1. The molecule has 3 rings (SSSR count). The van der Waals surface area contributed by atoms with Crippen molar-refractivity contribution in [2.75, 3.05) is 17.2 Å². The molecule has 0 aromatic heterocycles. The van der Waals surface area contributed by atoms with E-state index in [9.17, 15) is 14.4 Å². The number of para-hydroxylation sites is 2. The first-order valence-electron chi connectivity index (χ1n) is 11.2. The monoisotopic (exact) mass is 460 g/mol. The number of carbonyl (C=O) groups excluding carboxylic acids is 3. The van der Waals surface area contributed by atoms with Crippen LogP contribution >= 0.6 is 0 Å². The lowest BCUT2D eigenvalue weighted by atomic mass is 10.1. The van der Waals surface area contributed by atoms with E-state index >= 15 is 0 Å². The molecule has 0 aliphatic rings. The van der Waals surface area contributed by atoms with E-state index in [-0.39, 0.29) is 18.7 Å². The van der Waals surface area contributed by atoms with Gasteiger partial charge in [-0.2, -0.15) is 0 Å². The van der Waals surface area contributed by atoms with Crippen molar-refractivity contribution < 1.29 is 23.9 Å². The minimum atomic E-state index is -0.525. The standard InChI is InChI=1S/C27H28N2O5/c1-2-20-9-6-7-12-24(20)29-25(30)13-8-14-27(32)33-19-26(31)28-21-15-17-23(18-16-21)34-22-10-4-3-5-11-22/h3-7,9-12,15-18H,2,8,13-14,19H2,1H3,(H,28,31)(H,29,30). The average Bonchev–Trinajstić information content (AvgIpc) is 2.85. The van der Waals surface area contributed by atoms with Crippen LogP contribution in [0.25, 0.3) is 0 Å². The Labute approximate surface area is 199 Å². The van der Waals surface area contributed by atoms with Crippen molar-refractivity contribution in [3.8, 4) is 11.5 Å². The molecule has 34 heavy (non-hydrogen) atoms. The van der Waals surface area contributed by atoms with Crippen LogP contribution in [-0.2, 0) is 25.5 Å². The molecule has 0 bridgehead atoms. The topological polar surface area (TPSA) is 93.7 Å². The molecule has 7 heteroatoms. The third-order valence-corrected chi connectivity index (χ3v) is 4.94. The van der Waals surface area contributed by atoms with Crippen molar-refractivity contribution in [1.29, 1.82) is 0 Å². The van der Waals surface area contributed by atoms with Crippen molar-refractivity contribution in [3.63, 3.8) is 0 Å². The number of aryl methyl sites for hydroxylation is 1. The van der Waals surface area contributed by atoms with Crippen LogP contribution in [0.1, 0.15) is 31.7 Å². The van der Waals surface area contributed by atoms with Crippen molar-refractivity contribution in [3.05, 3.63) is 84.4 Å². The minimum absolute atomic E-state index is 0.0572. The van der Waals surface area contributed by atoms with Gasteiger partial charge in [0.2, 0.25) is 5.91 Å². The number of ether oxygens (including phenoxy) is 2. The van der Waals surface area contributed by atoms with Gasteiger partial charge in [0.1, 0.15) is 11.5 Å². The average molecular weight is 461 g/mol. The fourth-order valence-electron chi connectivity index (χ4n) is 3.20. The number of anilines is 2. The Morgan fingerprint density at radius 3 is 2.15 bits per heavy atom. The molecule has 0 heterocycles. The Morgan fingerprint density at radius 1 is 0.735 bits per heavy atom. The Hall–Kier alpha value is -4.13. The van der Waals surface area contributed by atoms with Crippen LogP contribution in [0.15, 0.2) is 78.9 Å². The summed E-state index contributed by atoms with van der Waals surface area (Å²) in [5.74, 6) is 0.223. The molecule has 7 nitrogen and oxygen atoms in total. The van der Waals surface area contributed by atoms with Crippen LogP contribution < -0.4 is 15.4 Å². The van der Waals surface area contributed by atoms with E-state index < -0.39 is 18.5 Å². The number of rotatable bonds is 11. The lowest BCUT2D eigenvalue weighted by Crippen LogP contribution is -2.21. The van der Waals surface area contributed by atoms with Gasteiger partial charge in [-0.3, -0.25) is 14.4 Å². The van der Waals surface area contributed by atoms with Crippen LogP contribution in [-0.4, -0.2) is 24.4 Å². The summed E-state index contributed by atoms with van der Waals surface area (Å²) < 4.78 is 10.7. The zero-order chi connectivity index (χ0) is 24.2. The van der Waals surface area contributed by atoms with Crippen molar-refractivity contribution in [1.82, 2.24) is 0 Å². The number of hydrogen-bond acceptors (Lipinski definition) is 5. The summed E-state index contributed by atoms with van der Waals surface area (Å²) in [5.41, 5.74) is 2.40. The Kier molecular flexibility index (Phi) is 9.22. The quantitative estimate of drug-likeness (QED) is 0.377. The summed E-state index contributed by atoms with van der Waals surface area (Å²) in [6.45, 7) is 1.63. The van der Waals surface area contributed by atoms with Gasteiger partial charge in [-0.25, -0.2) is 0 Å². The van der Waals surface area contributed by atoms with Crippen molar-refractivity contribution >= 4 is 29.2 Å². The van der Waals surface area contributed by atoms with Crippen LogP contribution in [0.4, 0.5) is 11.4 Å². The van der Waals surface area contributed by atoms with Crippen LogP contribution in [0, 0.1) is 0 Å². The summed E-state index contributed by atoms with van der Waals surface area (Å²) in [7, 11) is 0. The maximum atomic E-state index is 12.1. The number of hydrogen-bond donors (Lipinski definition) is 2. The molecule has 2 N–H and O–H groups in total. The van der Waals surface area contributed by atoms with Gasteiger partial charge in [0.25, 0.3) is 5.91 Å². The summed E-state index contributed by atoms with van der Waals surface area (Å²) in [6, 6.07) is 23.8. The van der Waals surface area contributed by atoms with Crippen LogP contribution in [0.5, 0.6) is 11.5 Å². The highest BCUT2D eigenvalue weighted by Crippen LogP contribution is 2.22. The Bertz CT molecular complexity index is 1100. The molecule has 0 fully saturated rings. The third kappa shape index (κ3) is 8.09. The summed E-state index contributed by atoms with van der Waals surface area (Å²) >= 11 is 0. The third-order valence-electron chi connectivity index (χ3n) is 4.94. The molecule has 0 radical (unpaired) electrons. The molecular formula is C27H28N2O5. The maximum Gasteiger partial charge on any atom is 0.306 e. The van der Waals surface area contributed by atoms with Gasteiger partial charge < -0.3 is 20.1 Å². The summed E-state index contributed by atoms with van der Waals surface area (Å²) in [6.07, 6.45) is 1.40. The fourth-order valence-corrected chi connectivity index (χ4v) is 3.20. The van der Waals surface area contributed by atoms with Crippen molar-refractivity contribution in [2.24, 2.45) is 0 Å². The first kappa shape index (κ1) is 24.5. The molecule has 0 aliphatic carbocycles. The summed E-state index contributed by atoms with van der Waals surface area (Å²) in [5, 5.41) is 5.53. The van der Waals surface area contributed by atoms with Gasteiger partial charge in [0.15, 0.2) is 6.61 Å². The Balaban J connectivity index is 1.33. The molecule has 0 unspecified atom stereocenters. The highest BCUT2D eigenvalue weighted by atomic mass is 16.5. The molecule has 0 atom stereocenters. The minimum Gasteiger partial charge on any atom is -0.457 e. The van der Waals surface area contributed by atoms with E-state index in [2.05, 4.69) is 10.6 Å². The largest absolute Gasteiger partial charge is 0.457 e. The number of amides is 2. The van der Waals surface area contributed by atoms with E-state index in [1.807, 2.05) is 61.5 Å². The van der Waals surface area contributed by atoms with Gasteiger partial charge in [0.05, 0.1) is 0 Å². The van der Waals surface area contributed by atoms with E-state index in [1.165, 1.54) is 0 Å². The molecule has 0 aliphatic heterocycles. The predicted octanol–water partition coefficient (Wildman–Crippen LogP) is 5.33. The SMILES string of the molecule is CCc1ccccc1NC(=O)CCCC(=O)OCC(=O)Nc1ccc(Oc2ccccc2)cc1. The van der Waals surface area contributed by atoms with Crippen molar-refractivity contribution in [2.45, 2.75) is 32.6 Å². The van der Waals surface area contributed by atoms with E-state index in [4.69, 9.17) is 9.47 Å². The van der Waals surface area contributed by atoms with Gasteiger partial charge in [0, 0.05) is 24.2 Å². The lowest BCUT2D eigenvalue weighted by molar-refractivity contribution is -0.147. The van der Waals surface area contributed by atoms with E-state index in [0.717, 1.165) is 23.4 Å². The van der Waals surface area contributed by atoms with E-state index in [1.54, 1.807) is 24.3 Å². The first-order chi connectivity index (χ1) is 16.5. The predicted molar refractivity (Wildman–Crippen MR) is 131 cm³/mol. The fraction of sp³-hybridized carbons (Fsp3) is 0.222. The second-order valence-corrected chi connectivity index (χ2v) is 7.56. The highest BCUT2D eigenvalue weighted by molar-refractivity contribution is 5.93. The van der Waals surface area contributed by atoms with Gasteiger partial charge in [-0.15, -0.1) is 0 Å². The lowest BCUT2D eigenvalue weighted by Gasteiger charge is -2.10. The zero-order valence-corrected chi connectivity index (χ0v) is 19.1. The normalized spacial score (nSPS) is 10.3. The highest BCUT2D eigenvalue weighted by Gasteiger charge is 2.11. The second kappa shape index (κ2) is 12.8. The maximum absolute atomic E-state index is 12.1. The molecule has 3 aromatic carbocycles. The first-order valence-corrected chi connectivity index (χ1v) is 11.2. The van der Waals surface area contributed by atoms with Crippen LogP contribution in [0.2, 0.25) is 0 Å². The summed E-state index contributed by atoms with van der Waals surface area (Å²) in [4.78, 5) is 36.1. The molecule has 3 aromatic rings. The number of benzene rings is 3. The number of carbonyl (C=O) groups is 3. The molecular weight excluding hydrogens is 432 g/mol. The molecule has 2 amide bonds. The van der Waals surface area contributed by atoms with Gasteiger partial charge in [-0.1, -0.05) is 43.3 Å². The van der Waals surface area contributed by atoms with Crippen LogP contribution in [0.3, 0.4) is 0 Å². The van der Waals surface area contributed by atoms with Gasteiger partial charge >= 0.3 is 5.97 Å². The van der Waals surface area contributed by atoms with E-state index in [0.29, 0.717) is 17.9 Å². The smallest absolute Gasteiger partial charge is 0.306 e. The molecule has 0 saturated carbocycles. The molecule has 0 spiro atoms. The molecule has 0 saturated heterocycles. The second-order valence-electron chi connectivity index (χ2n) is 7.56.